The number of amides is 1. The van der Waals surface area contributed by atoms with Gasteiger partial charge in [0.25, 0.3) is 5.91 Å². The highest BCUT2D eigenvalue weighted by atomic mass is 16.4. The molecule has 0 saturated heterocycles. The number of aromatic hydroxyl groups is 1. The maximum Gasteiger partial charge on any atom is 0.303 e. The van der Waals surface area contributed by atoms with Crippen LogP contribution in [0.2, 0.25) is 0 Å². The van der Waals surface area contributed by atoms with Gasteiger partial charge < -0.3 is 19.5 Å². The van der Waals surface area contributed by atoms with Crippen molar-refractivity contribution >= 4 is 17.5 Å². The average molecular weight is 466 g/mol. The van der Waals surface area contributed by atoms with E-state index in [0.29, 0.717) is 53.1 Å². The van der Waals surface area contributed by atoms with Crippen molar-refractivity contribution in [2.24, 2.45) is 11.8 Å². The Hall–Kier alpha value is -3.35. The number of carbonyl (C=O) groups is 2. The monoisotopic (exact) mass is 465 g/mol. The van der Waals surface area contributed by atoms with E-state index < -0.39 is 5.97 Å². The van der Waals surface area contributed by atoms with Crippen LogP contribution in [-0.4, -0.2) is 49.5 Å². The van der Waals surface area contributed by atoms with Crippen molar-refractivity contribution in [1.29, 1.82) is 0 Å². The molecule has 3 rings (SSSR count). The van der Waals surface area contributed by atoms with Gasteiger partial charge in [-0.1, -0.05) is 39.8 Å². The number of aryl methyl sites for hydroxylation is 1. The number of rotatable bonds is 11. The van der Waals surface area contributed by atoms with Crippen molar-refractivity contribution < 1.29 is 19.8 Å². The molecule has 1 aromatic carbocycles. The number of fused-ring (bicyclic) bond motifs is 1. The molecule has 0 unspecified atom stereocenters. The van der Waals surface area contributed by atoms with Gasteiger partial charge in [0.05, 0.1) is 23.4 Å². The number of benzene rings is 1. The molecule has 2 aromatic heterocycles. The first-order valence-corrected chi connectivity index (χ1v) is 12.0. The Labute approximate surface area is 201 Å². The summed E-state index contributed by atoms with van der Waals surface area (Å²) < 4.78 is 1.82. The van der Waals surface area contributed by atoms with Crippen molar-refractivity contribution in [3.05, 3.63) is 53.9 Å². The van der Waals surface area contributed by atoms with Gasteiger partial charge in [0, 0.05) is 31.3 Å². The predicted octanol–water partition coefficient (Wildman–Crippen LogP) is 5.26. The first-order valence-electron chi connectivity index (χ1n) is 12.0. The second kappa shape index (κ2) is 11.2. The molecule has 0 atom stereocenters. The number of hydrogen-bond donors (Lipinski definition) is 2. The predicted molar refractivity (Wildman–Crippen MR) is 133 cm³/mol. The van der Waals surface area contributed by atoms with Crippen LogP contribution in [0, 0.1) is 11.8 Å². The first kappa shape index (κ1) is 25.3. The number of pyridine rings is 1. The number of imidazole rings is 1. The number of carboxylic acids is 1. The second-order valence-electron chi connectivity index (χ2n) is 9.65. The molecule has 2 N–H and O–H groups in total. The molecule has 1 amide bonds. The standard InChI is InChI=1S/C27H35N3O4/c1-18(2)12-14-29(15-13-19(3)4)27(34)21-8-10-24-28-26(20-6-5-7-22(31)16-20)23(30(24)17-21)9-11-25(32)33/h5-8,10,16-19,31H,9,11-15H2,1-4H3,(H,32,33). The van der Waals surface area contributed by atoms with Crippen LogP contribution in [0.25, 0.3) is 16.9 Å². The number of phenolic OH excluding ortho intramolecular Hbond substituents is 1. The van der Waals surface area contributed by atoms with E-state index in [2.05, 4.69) is 27.7 Å². The molecule has 3 aromatic rings. The lowest BCUT2D eigenvalue weighted by atomic mass is 10.1. The summed E-state index contributed by atoms with van der Waals surface area (Å²) in [5.41, 5.74) is 3.20. The maximum absolute atomic E-state index is 13.5. The van der Waals surface area contributed by atoms with E-state index >= 15 is 0 Å². The summed E-state index contributed by atoms with van der Waals surface area (Å²) in [5, 5.41) is 19.2. The molecule has 0 aliphatic heterocycles. The van der Waals surface area contributed by atoms with E-state index in [-0.39, 0.29) is 24.5 Å². The summed E-state index contributed by atoms with van der Waals surface area (Å²) in [6.45, 7) is 10.0. The molecule has 0 bridgehead atoms. The Morgan fingerprint density at radius 3 is 2.29 bits per heavy atom. The highest BCUT2D eigenvalue weighted by molar-refractivity contribution is 5.94. The van der Waals surface area contributed by atoms with E-state index in [9.17, 15) is 19.8 Å². The second-order valence-corrected chi connectivity index (χ2v) is 9.65. The topological polar surface area (TPSA) is 95.1 Å². The number of carboxylic acid groups (broad SMARTS) is 1. The van der Waals surface area contributed by atoms with E-state index in [1.54, 1.807) is 36.5 Å². The Kier molecular flexibility index (Phi) is 8.31. The molecular weight excluding hydrogens is 430 g/mol. The Balaban J connectivity index is 2.02. The van der Waals surface area contributed by atoms with Gasteiger partial charge in [-0.05, 0) is 48.9 Å². The van der Waals surface area contributed by atoms with Crippen molar-refractivity contribution in [2.75, 3.05) is 13.1 Å². The molecule has 7 heteroatoms. The Morgan fingerprint density at radius 2 is 1.71 bits per heavy atom. The number of nitrogens with zero attached hydrogens (tertiary/aromatic N) is 3. The van der Waals surface area contributed by atoms with Gasteiger partial charge in [0.2, 0.25) is 0 Å². The van der Waals surface area contributed by atoms with Crippen molar-refractivity contribution in [1.82, 2.24) is 14.3 Å². The van der Waals surface area contributed by atoms with Crippen LogP contribution in [-0.2, 0) is 11.2 Å². The van der Waals surface area contributed by atoms with Crippen LogP contribution in [0.3, 0.4) is 0 Å². The Bertz CT molecular complexity index is 1140. The number of aromatic nitrogens is 2. The summed E-state index contributed by atoms with van der Waals surface area (Å²) in [6.07, 6.45) is 3.83. The summed E-state index contributed by atoms with van der Waals surface area (Å²) in [7, 11) is 0. The van der Waals surface area contributed by atoms with Crippen LogP contribution in [0.1, 0.15) is 63.0 Å². The largest absolute Gasteiger partial charge is 0.508 e. The summed E-state index contributed by atoms with van der Waals surface area (Å²) in [5.74, 6) is 0.175. The van der Waals surface area contributed by atoms with Crippen LogP contribution in [0.5, 0.6) is 5.75 Å². The lowest BCUT2D eigenvalue weighted by molar-refractivity contribution is -0.136. The molecule has 7 nitrogen and oxygen atoms in total. The fraction of sp³-hybridized carbons (Fsp3) is 0.444. The number of hydrogen-bond acceptors (Lipinski definition) is 4. The molecule has 0 fully saturated rings. The third-order valence-corrected chi connectivity index (χ3v) is 5.90. The third-order valence-electron chi connectivity index (χ3n) is 5.90. The minimum Gasteiger partial charge on any atom is -0.508 e. The Morgan fingerprint density at radius 1 is 1.03 bits per heavy atom. The lowest BCUT2D eigenvalue weighted by Crippen LogP contribution is -2.34. The molecular formula is C27H35N3O4. The van der Waals surface area contributed by atoms with Crippen LogP contribution >= 0.6 is 0 Å². The number of carbonyl (C=O) groups excluding carboxylic acids is 1. The van der Waals surface area contributed by atoms with E-state index in [1.807, 2.05) is 15.4 Å². The average Bonchev–Trinajstić information content (AvgIpc) is 3.14. The highest BCUT2D eigenvalue weighted by Gasteiger charge is 2.20. The van der Waals surface area contributed by atoms with Crippen LogP contribution in [0.15, 0.2) is 42.6 Å². The molecule has 182 valence electrons. The third kappa shape index (κ3) is 6.37. The SMILES string of the molecule is CC(C)CCN(CCC(C)C)C(=O)c1ccc2nc(-c3cccc(O)c3)c(CCC(=O)O)n2c1. The zero-order chi connectivity index (χ0) is 24.8. The molecule has 34 heavy (non-hydrogen) atoms. The van der Waals surface area contributed by atoms with Gasteiger partial charge in [0.1, 0.15) is 11.4 Å². The van der Waals surface area contributed by atoms with Gasteiger partial charge in [-0.3, -0.25) is 9.59 Å². The fourth-order valence-electron chi connectivity index (χ4n) is 3.89. The van der Waals surface area contributed by atoms with Gasteiger partial charge in [0.15, 0.2) is 0 Å². The van der Waals surface area contributed by atoms with Gasteiger partial charge in [-0.2, -0.15) is 0 Å². The van der Waals surface area contributed by atoms with Crippen LogP contribution < -0.4 is 0 Å². The van der Waals surface area contributed by atoms with Gasteiger partial charge >= 0.3 is 5.97 Å². The molecule has 2 heterocycles. The zero-order valence-electron chi connectivity index (χ0n) is 20.5. The minimum atomic E-state index is -0.905. The van der Waals surface area contributed by atoms with Crippen molar-refractivity contribution in [3.8, 4) is 17.0 Å². The molecule has 0 aliphatic carbocycles. The number of phenols is 1. The van der Waals surface area contributed by atoms with Gasteiger partial charge in [-0.25, -0.2) is 4.98 Å². The molecule has 0 aliphatic rings. The van der Waals surface area contributed by atoms with E-state index in [0.717, 1.165) is 12.8 Å². The van der Waals surface area contributed by atoms with E-state index in [4.69, 9.17) is 4.98 Å². The minimum absolute atomic E-state index is 0.0278. The lowest BCUT2D eigenvalue weighted by Gasteiger charge is -2.24. The molecule has 0 saturated carbocycles. The fourth-order valence-corrected chi connectivity index (χ4v) is 3.89. The maximum atomic E-state index is 13.5. The number of aliphatic carboxylic acids is 1. The normalized spacial score (nSPS) is 11.5. The van der Waals surface area contributed by atoms with Crippen molar-refractivity contribution in [3.63, 3.8) is 0 Å². The summed E-state index contributed by atoms with van der Waals surface area (Å²) >= 11 is 0. The molecule has 0 spiro atoms. The summed E-state index contributed by atoms with van der Waals surface area (Å²) in [4.78, 5) is 31.4. The summed E-state index contributed by atoms with van der Waals surface area (Å²) in [6, 6.07) is 10.3. The van der Waals surface area contributed by atoms with Crippen molar-refractivity contribution in [2.45, 2.75) is 53.4 Å². The zero-order valence-corrected chi connectivity index (χ0v) is 20.5. The van der Waals surface area contributed by atoms with E-state index in [1.165, 1.54) is 0 Å². The first-order chi connectivity index (χ1) is 16.2. The van der Waals surface area contributed by atoms with Gasteiger partial charge in [-0.15, -0.1) is 0 Å². The highest BCUT2D eigenvalue weighted by Crippen LogP contribution is 2.28. The smallest absolute Gasteiger partial charge is 0.303 e. The van der Waals surface area contributed by atoms with Crippen LogP contribution in [0.4, 0.5) is 0 Å². The molecule has 0 radical (unpaired) electrons. The quantitative estimate of drug-likeness (QED) is 0.403.